The molecule has 0 radical (unpaired) electrons. The Bertz CT molecular complexity index is 687. The second-order valence-electron chi connectivity index (χ2n) is 4.96. The van der Waals surface area contributed by atoms with E-state index in [1.165, 1.54) is 0 Å². The van der Waals surface area contributed by atoms with E-state index in [2.05, 4.69) is 17.2 Å². The predicted octanol–water partition coefficient (Wildman–Crippen LogP) is 2.47. The van der Waals surface area contributed by atoms with E-state index in [4.69, 9.17) is 10.5 Å². The van der Waals surface area contributed by atoms with Gasteiger partial charge in [0.05, 0.1) is 6.54 Å². The molecule has 0 unspecified atom stereocenters. The highest BCUT2D eigenvalue weighted by atomic mass is 16.5. The highest BCUT2D eigenvalue weighted by Gasteiger charge is 2.00. The Kier molecular flexibility index (Phi) is 6.70. The predicted molar refractivity (Wildman–Crippen MR) is 90.7 cm³/mol. The van der Waals surface area contributed by atoms with Crippen molar-refractivity contribution in [2.75, 3.05) is 13.1 Å². The van der Waals surface area contributed by atoms with E-state index in [1.54, 1.807) is 0 Å². The normalized spacial score (nSPS) is 9.61. The number of rotatable bonds is 5. The van der Waals surface area contributed by atoms with Crippen molar-refractivity contribution in [3.8, 4) is 11.8 Å². The number of hydrogen-bond acceptors (Lipinski definition) is 3. The van der Waals surface area contributed by atoms with Gasteiger partial charge in [-0.3, -0.25) is 0 Å². The van der Waals surface area contributed by atoms with E-state index >= 15 is 0 Å². The molecule has 3 N–H and O–H groups in total. The maximum atomic E-state index is 11.6. The van der Waals surface area contributed by atoms with Crippen LogP contribution in [-0.2, 0) is 17.8 Å². The molecule has 0 saturated carbocycles. The van der Waals surface area contributed by atoms with Crippen LogP contribution in [0.1, 0.15) is 16.7 Å². The van der Waals surface area contributed by atoms with Crippen molar-refractivity contribution in [2.45, 2.75) is 13.0 Å². The Labute approximate surface area is 136 Å². The molecule has 0 aliphatic carbocycles. The van der Waals surface area contributed by atoms with Crippen LogP contribution in [-0.4, -0.2) is 19.2 Å². The molecule has 4 nitrogen and oxygen atoms in total. The minimum absolute atomic E-state index is 0.245. The first-order valence-corrected chi connectivity index (χ1v) is 7.50. The molecule has 0 aliphatic heterocycles. The second-order valence-corrected chi connectivity index (χ2v) is 4.96. The second kappa shape index (κ2) is 9.29. The number of ether oxygens (including phenoxy) is 1. The average Bonchev–Trinajstić information content (AvgIpc) is 2.58. The third kappa shape index (κ3) is 6.25. The van der Waals surface area contributed by atoms with E-state index in [0.29, 0.717) is 6.54 Å². The summed E-state index contributed by atoms with van der Waals surface area (Å²) in [6.07, 6.45) is 0.361. The summed E-state index contributed by atoms with van der Waals surface area (Å²) in [5.74, 6) is 5.92. The molecular weight excluding hydrogens is 288 g/mol. The Morgan fingerprint density at radius 3 is 2.65 bits per heavy atom. The van der Waals surface area contributed by atoms with Gasteiger partial charge in [0.15, 0.2) is 0 Å². The lowest BCUT2D eigenvalue weighted by atomic mass is 10.1. The number of hydrogen-bond donors (Lipinski definition) is 2. The van der Waals surface area contributed by atoms with Crippen molar-refractivity contribution < 1.29 is 9.53 Å². The minimum Gasteiger partial charge on any atom is -0.445 e. The molecule has 0 aliphatic rings. The lowest BCUT2D eigenvalue weighted by Crippen LogP contribution is -2.24. The van der Waals surface area contributed by atoms with Crippen LogP contribution in [0, 0.1) is 11.8 Å². The molecule has 0 saturated heterocycles. The van der Waals surface area contributed by atoms with Crippen molar-refractivity contribution in [3.05, 3.63) is 71.3 Å². The van der Waals surface area contributed by atoms with Gasteiger partial charge >= 0.3 is 6.09 Å². The first-order chi connectivity index (χ1) is 11.3. The minimum atomic E-state index is -0.472. The molecule has 2 rings (SSSR count). The Morgan fingerprint density at radius 1 is 1.09 bits per heavy atom. The molecule has 4 heteroatoms. The maximum Gasteiger partial charge on any atom is 0.408 e. The van der Waals surface area contributed by atoms with Crippen LogP contribution in [0.4, 0.5) is 4.79 Å². The fourth-order valence-corrected chi connectivity index (χ4v) is 2.01. The van der Waals surface area contributed by atoms with Gasteiger partial charge in [-0.25, -0.2) is 4.79 Å². The highest BCUT2D eigenvalue weighted by Crippen LogP contribution is 2.04. The van der Waals surface area contributed by atoms with Crippen molar-refractivity contribution >= 4 is 6.09 Å². The summed E-state index contributed by atoms with van der Waals surface area (Å²) in [6.45, 7) is 1.11. The third-order valence-corrected chi connectivity index (χ3v) is 3.13. The smallest absolute Gasteiger partial charge is 0.408 e. The molecule has 0 heterocycles. The van der Waals surface area contributed by atoms with E-state index < -0.39 is 6.09 Å². The summed E-state index contributed by atoms with van der Waals surface area (Å²) in [7, 11) is 0. The highest BCUT2D eigenvalue weighted by molar-refractivity contribution is 5.67. The summed E-state index contributed by atoms with van der Waals surface area (Å²) in [5, 5.41) is 2.61. The first-order valence-electron chi connectivity index (χ1n) is 7.50. The lowest BCUT2D eigenvalue weighted by molar-refractivity contribution is 0.141. The summed E-state index contributed by atoms with van der Waals surface area (Å²) in [6, 6.07) is 17.5. The van der Waals surface area contributed by atoms with Gasteiger partial charge in [0.1, 0.15) is 6.61 Å². The van der Waals surface area contributed by atoms with Crippen LogP contribution >= 0.6 is 0 Å². The van der Waals surface area contributed by atoms with Gasteiger partial charge in [-0.05, 0) is 36.2 Å². The van der Waals surface area contributed by atoms with Gasteiger partial charge in [0.2, 0.25) is 0 Å². The lowest BCUT2D eigenvalue weighted by Gasteiger charge is -2.04. The number of nitrogens with one attached hydrogen (secondary N) is 1. The average molecular weight is 308 g/mol. The van der Waals surface area contributed by atoms with Gasteiger partial charge in [0, 0.05) is 5.56 Å². The van der Waals surface area contributed by atoms with Crippen LogP contribution in [0.5, 0.6) is 0 Å². The molecule has 2 aromatic carbocycles. The molecule has 0 spiro atoms. The molecule has 0 fully saturated rings. The summed E-state index contributed by atoms with van der Waals surface area (Å²) >= 11 is 0. The van der Waals surface area contributed by atoms with Gasteiger partial charge in [-0.2, -0.15) is 0 Å². The van der Waals surface area contributed by atoms with E-state index in [0.717, 1.165) is 23.1 Å². The monoisotopic (exact) mass is 308 g/mol. The van der Waals surface area contributed by atoms with Gasteiger partial charge < -0.3 is 15.8 Å². The zero-order chi connectivity index (χ0) is 16.3. The number of benzene rings is 2. The molecule has 0 aromatic heterocycles. The van der Waals surface area contributed by atoms with E-state index in [-0.39, 0.29) is 13.2 Å². The molecule has 118 valence electrons. The standard InChI is InChI=1S/C19H20N2O2/c20-12-11-17-9-4-8-16(14-17)10-5-13-21-19(22)23-15-18-6-2-1-3-7-18/h1-4,6-9,14H,11-13,15,20H2,(H,21,22). The fourth-order valence-electron chi connectivity index (χ4n) is 2.01. The Balaban J connectivity index is 1.74. The van der Waals surface area contributed by atoms with E-state index in [9.17, 15) is 4.79 Å². The van der Waals surface area contributed by atoms with Crippen LogP contribution in [0.25, 0.3) is 0 Å². The zero-order valence-corrected chi connectivity index (χ0v) is 12.9. The summed E-state index contributed by atoms with van der Waals surface area (Å²) in [5.41, 5.74) is 8.56. The molecule has 1 amide bonds. The number of amides is 1. The fraction of sp³-hybridized carbons (Fsp3) is 0.211. The molecular formula is C19H20N2O2. The quantitative estimate of drug-likeness (QED) is 0.834. The molecule has 0 atom stereocenters. The topological polar surface area (TPSA) is 64.3 Å². The van der Waals surface area contributed by atoms with Gasteiger partial charge in [-0.15, -0.1) is 0 Å². The van der Waals surface area contributed by atoms with E-state index in [1.807, 2.05) is 54.6 Å². The molecule has 0 bridgehead atoms. The largest absolute Gasteiger partial charge is 0.445 e. The number of carbonyl (C=O) groups is 1. The summed E-state index contributed by atoms with van der Waals surface area (Å²) in [4.78, 5) is 11.6. The van der Waals surface area contributed by atoms with Crippen LogP contribution in [0.3, 0.4) is 0 Å². The molecule has 2 aromatic rings. The van der Waals surface area contributed by atoms with Crippen molar-refractivity contribution in [1.29, 1.82) is 0 Å². The Hall–Kier alpha value is -2.77. The number of nitrogens with two attached hydrogens (primary N) is 1. The van der Waals surface area contributed by atoms with Crippen molar-refractivity contribution in [3.63, 3.8) is 0 Å². The van der Waals surface area contributed by atoms with Crippen molar-refractivity contribution in [1.82, 2.24) is 5.32 Å². The van der Waals surface area contributed by atoms with Gasteiger partial charge in [-0.1, -0.05) is 54.3 Å². The number of carbonyl (C=O) groups excluding carboxylic acids is 1. The van der Waals surface area contributed by atoms with Crippen LogP contribution in [0.2, 0.25) is 0 Å². The van der Waals surface area contributed by atoms with Gasteiger partial charge in [0.25, 0.3) is 0 Å². The van der Waals surface area contributed by atoms with Crippen LogP contribution < -0.4 is 11.1 Å². The summed E-state index contributed by atoms with van der Waals surface area (Å²) < 4.78 is 5.10. The number of alkyl carbamates (subject to hydrolysis) is 1. The Morgan fingerprint density at radius 2 is 1.87 bits per heavy atom. The zero-order valence-electron chi connectivity index (χ0n) is 12.9. The first kappa shape index (κ1) is 16.6. The SMILES string of the molecule is NCCc1cccc(C#CCNC(=O)OCc2ccccc2)c1. The maximum absolute atomic E-state index is 11.6. The van der Waals surface area contributed by atoms with Crippen molar-refractivity contribution in [2.24, 2.45) is 5.73 Å². The molecule has 23 heavy (non-hydrogen) atoms. The third-order valence-electron chi connectivity index (χ3n) is 3.13. The van der Waals surface area contributed by atoms with Crippen LogP contribution in [0.15, 0.2) is 54.6 Å².